The van der Waals surface area contributed by atoms with Crippen LogP contribution in [0.1, 0.15) is 5.69 Å². The van der Waals surface area contributed by atoms with Gasteiger partial charge in [0.2, 0.25) is 10.0 Å². The summed E-state index contributed by atoms with van der Waals surface area (Å²) in [7, 11) is -3.90. The van der Waals surface area contributed by atoms with Gasteiger partial charge in [0.15, 0.2) is 11.6 Å². The number of rotatable bonds is 6. The van der Waals surface area contributed by atoms with Crippen LogP contribution in [-0.2, 0) is 16.4 Å². The molecule has 1 N–H and O–H groups in total. The summed E-state index contributed by atoms with van der Waals surface area (Å²) in [6.07, 6.45) is 0.395. The fourth-order valence-corrected chi connectivity index (χ4v) is 4.08. The minimum atomic E-state index is -3.90. The van der Waals surface area contributed by atoms with Gasteiger partial charge in [-0.2, -0.15) is 0 Å². The fraction of sp³-hybridized carbons (Fsp3) is 0.118. The van der Waals surface area contributed by atoms with Crippen molar-refractivity contribution in [3.05, 3.63) is 71.2 Å². The molecule has 0 spiro atoms. The Morgan fingerprint density at radius 2 is 1.80 bits per heavy atom. The minimum absolute atomic E-state index is 0.110. The van der Waals surface area contributed by atoms with Gasteiger partial charge in [-0.25, -0.2) is 26.9 Å². The Morgan fingerprint density at radius 3 is 2.52 bits per heavy atom. The lowest BCUT2D eigenvalue weighted by molar-refractivity contribution is 0.504. The first-order valence-corrected chi connectivity index (χ1v) is 9.76. The number of aromatic nitrogens is 1. The van der Waals surface area contributed by atoms with Crippen molar-refractivity contribution in [3.63, 3.8) is 0 Å². The Balaban J connectivity index is 1.63. The first-order valence-electron chi connectivity index (χ1n) is 7.40. The third-order valence-electron chi connectivity index (χ3n) is 3.45. The van der Waals surface area contributed by atoms with Crippen molar-refractivity contribution in [1.29, 1.82) is 0 Å². The summed E-state index contributed by atoms with van der Waals surface area (Å²) < 4.78 is 52.6. The second kappa shape index (κ2) is 7.38. The van der Waals surface area contributed by atoms with Crippen molar-refractivity contribution in [1.82, 2.24) is 9.71 Å². The number of nitrogens with one attached hydrogen (secondary N) is 1. The van der Waals surface area contributed by atoms with Crippen molar-refractivity contribution in [2.24, 2.45) is 0 Å². The molecule has 0 radical (unpaired) electrons. The van der Waals surface area contributed by atoms with Crippen molar-refractivity contribution < 1.29 is 17.2 Å². The molecule has 0 amide bonds. The maximum atomic E-state index is 13.2. The third-order valence-corrected chi connectivity index (χ3v) is 5.85. The smallest absolute Gasteiger partial charge is 0.240 e. The Labute approximate surface area is 148 Å². The molecule has 0 aliphatic heterocycles. The summed E-state index contributed by atoms with van der Waals surface area (Å²) in [5.41, 5.74) is 1.76. The molecule has 0 aliphatic carbocycles. The van der Waals surface area contributed by atoms with Crippen LogP contribution in [0.5, 0.6) is 0 Å². The lowest BCUT2D eigenvalue weighted by Gasteiger charge is -2.06. The predicted molar refractivity (Wildman–Crippen MR) is 92.8 cm³/mol. The first kappa shape index (κ1) is 17.7. The molecule has 0 fully saturated rings. The molecular formula is C17H14F2N2O2S2. The molecule has 1 aromatic heterocycles. The molecule has 0 saturated carbocycles. The van der Waals surface area contributed by atoms with Crippen LogP contribution in [0.25, 0.3) is 10.6 Å². The number of halogens is 2. The molecule has 130 valence electrons. The highest BCUT2D eigenvalue weighted by atomic mass is 32.2. The summed E-state index contributed by atoms with van der Waals surface area (Å²) >= 11 is 1.48. The summed E-state index contributed by atoms with van der Waals surface area (Å²) in [4.78, 5) is 4.16. The van der Waals surface area contributed by atoms with Crippen LogP contribution in [0.2, 0.25) is 0 Å². The highest BCUT2D eigenvalue weighted by Crippen LogP contribution is 2.23. The van der Waals surface area contributed by atoms with E-state index in [1.807, 2.05) is 35.7 Å². The Hall–Kier alpha value is -2.16. The summed E-state index contributed by atoms with van der Waals surface area (Å²) in [6, 6.07) is 12.1. The zero-order valence-electron chi connectivity index (χ0n) is 12.9. The SMILES string of the molecule is O=S(=O)(NCCc1csc(-c2ccccc2)n1)c1ccc(F)c(F)c1. The zero-order chi connectivity index (χ0) is 17.9. The zero-order valence-corrected chi connectivity index (χ0v) is 14.6. The molecule has 3 rings (SSSR count). The van der Waals surface area contributed by atoms with Gasteiger partial charge in [-0.1, -0.05) is 30.3 Å². The summed E-state index contributed by atoms with van der Waals surface area (Å²) in [6.45, 7) is 0.110. The number of benzene rings is 2. The summed E-state index contributed by atoms with van der Waals surface area (Å²) in [5, 5.41) is 2.73. The van der Waals surface area contributed by atoms with Gasteiger partial charge in [-0.15, -0.1) is 11.3 Å². The van der Waals surface area contributed by atoms with E-state index in [-0.39, 0.29) is 11.4 Å². The van der Waals surface area contributed by atoms with Crippen molar-refractivity contribution in [3.8, 4) is 10.6 Å². The van der Waals surface area contributed by atoms with Crippen LogP contribution in [0.3, 0.4) is 0 Å². The van der Waals surface area contributed by atoms with Gasteiger partial charge in [0.1, 0.15) is 5.01 Å². The quantitative estimate of drug-likeness (QED) is 0.711. The second-order valence-electron chi connectivity index (χ2n) is 5.23. The largest absolute Gasteiger partial charge is 0.241 e. The van der Waals surface area contributed by atoms with E-state index in [1.54, 1.807) is 0 Å². The third kappa shape index (κ3) is 4.28. The van der Waals surface area contributed by atoms with Crippen molar-refractivity contribution in [2.45, 2.75) is 11.3 Å². The predicted octanol–water partition coefficient (Wildman–Crippen LogP) is 3.61. The van der Waals surface area contributed by atoms with E-state index in [4.69, 9.17) is 0 Å². The van der Waals surface area contributed by atoms with E-state index in [9.17, 15) is 17.2 Å². The van der Waals surface area contributed by atoms with E-state index in [1.165, 1.54) is 11.3 Å². The molecule has 8 heteroatoms. The van der Waals surface area contributed by atoms with Crippen LogP contribution in [0, 0.1) is 11.6 Å². The average Bonchev–Trinajstić information content (AvgIpc) is 3.07. The highest BCUT2D eigenvalue weighted by Gasteiger charge is 2.16. The topological polar surface area (TPSA) is 59.1 Å². The Kier molecular flexibility index (Phi) is 5.22. The maximum absolute atomic E-state index is 13.2. The minimum Gasteiger partial charge on any atom is -0.241 e. The molecule has 0 bridgehead atoms. The molecule has 0 saturated heterocycles. The highest BCUT2D eigenvalue weighted by molar-refractivity contribution is 7.89. The first-order chi connectivity index (χ1) is 12.0. The second-order valence-corrected chi connectivity index (χ2v) is 7.86. The molecule has 25 heavy (non-hydrogen) atoms. The molecule has 0 unspecified atom stereocenters. The number of hydrogen-bond acceptors (Lipinski definition) is 4. The number of sulfonamides is 1. The standard InChI is InChI=1S/C17H14F2N2O2S2/c18-15-7-6-14(10-16(15)19)25(22,23)20-9-8-13-11-24-17(21-13)12-4-2-1-3-5-12/h1-7,10-11,20H,8-9H2. The lowest BCUT2D eigenvalue weighted by atomic mass is 10.2. The van der Waals surface area contributed by atoms with Gasteiger partial charge < -0.3 is 0 Å². The van der Waals surface area contributed by atoms with Gasteiger partial charge >= 0.3 is 0 Å². The van der Waals surface area contributed by atoms with Crippen molar-refractivity contribution >= 4 is 21.4 Å². The van der Waals surface area contributed by atoms with E-state index in [0.29, 0.717) is 12.5 Å². The van der Waals surface area contributed by atoms with E-state index in [0.717, 1.165) is 28.4 Å². The van der Waals surface area contributed by atoms with Crippen LogP contribution in [-0.4, -0.2) is 19.9 Å². The van der Waals surface area contributed by atoms with Crippen LogP contribution >= 0.6 is 11.3 Å². The van der Waals surface area contributed by atoms with Gasteiger partial charge in [0.05, 0.1) is 10.6 Å². The Morgan fingerprint density at radius 1 is 1.04 bits per heavy atom. The molecule has 3 aromatic rings. The van der Waals surface area contributed by atoms with Crippen LogP contribution < -0.4 is 4.72 Å². The molecule has 1 heterocycles. The lowest BCUT2D eigenvalue weighted by Crippen LogP contribution is -2.26. The van der Waals surface area contributed by atoms with E-state index < -0.39 is 21.7 Å². The molecule has 0 aliphatic rings. The monoisotopic (exact) mass is 380 g/mol. The van der Waals surface area contributed by atoms with Gasteiger partial charge in [-0.3, -0.25) is 0 Å². The number of thiazole rings is 1. The molecule has 4 nitrogen and oxygen atoms in total. The van der Waals surface area contributed by atoms with Crippen molar-refractivity contribution in [2.75, 3.05) is 6.54 Å². The van der Waals surface area contributed by atoms with Crippen LogP contribution in [0.4, 0.5) is 8.78 Å². The van der Waals surface area contributed by atoms with E-state index >= 15 is 0 Å². The normalized spacial score (nSPS) is 11.6. The number of hydrogen-bond donors (Lipinski definition) is 1. The number of nitrogens with zero attached hydrogens (tertiary/aromatic N) is 1. The van der Waals surface area contributed by atoms with Gasteiger partial charge in [-0.05, 0) is 18.2 Å². The molecule has 2 aromatic carbocycles. The Bertz CT molecular complexity index is 973. The summed E-state index contributed by atoms with van der Waals surface area (Å²) in [5.74, 6) is -2.29. The average molecular weight is 380 g/mol. The van der Waals surface area contributed by atoms with Crippen LogP contribution in [0.15, 0.2) is 58.8 Å². The maximum Gasteiger partial charge on any atom is 0.240 e. The molecule has 0 atom stereocenters. The fourth-order valence-electron chi connectivity index (χ4n) is 2.18. The van der Waals surface area contributed by atoms with Gasteiger partial charge in [0.25, 0.3) is 0 Å². The molecular weight excluding hydrogens is 366 g/mol. The van der Waals surface area contributed by atoms with E-state index in [2.05, 4.69) is 9.71 Å². The van der Waals surface area contributed by atoms with Gasteiger partial charge in [0, 0.05) is 23.9 Å².